The summed E-state index contributed by atoms with van der Waals surface area (Å²) in [4.78, 5) is 13.9. The van der Waals surface area contributed by atoms with Gasteiger partial charge >= 0.3 is 0 Å². The highest BCUT2D eigenvalue weighted by molar-refractivity contribution is 9.10. The van der Waals surface area contributed by atoms with Crippen LogP contribution in [0.5, 0.6) is 0 Å². The van der Waals surface area contributed by atoms with E-state index < -0.39 is 0 Å². The van der Waals surface area contributed by atoms with Crippen molar-refractivity contribution in [1.29, 1.82) is 0 Å². The monoisotopic (exact) mass is 297 g/mol. The first kappa shape index (κ1) is 12.5. The normalized spacial score (nSPS) is 20.5. The summed E-state index contributed by atoms with van der Waals surface area (Å²) in [5.74, 6) is 0.00556. The Kier molecular flexibility index (Phi) is 4.15. The Morgan fingerprint density at radius 1 is 1.53 bits per heavy atom. The largest absolute Gasteiger partial charge is 0.326 e. The number of nitrogens with two attached hydrogens (primary N) is 1. The molecule has 0 bridgehead atoms. The fourth-order valence-corrected chi connectivity index (χ4v) is 2.35. The smallest absolute Gasteiger partial charge is 0.238 e. The van der Waals surface area contributed by atoms with Gasteiger partial charge in [-0.2, -0.15) is 0 Å². The zero-order valence-electron chi connectivity index (χ0n) is 9.53. The number of hydrogen-bond donors (Lipinski definition) is 2. The molecule has 1 aliphatic heterocycles. The fraction of sp³-hybridized carbons (Fsp3) is 0.417. The molecule has 1 atom stereocenters. The summed E-state index contributed by atoms with van der Waals surface area (Å²) in [5, 5.41) is 2.88. The van der Waals surface area contributed by atoms with Gasteiger partial charge < -0.3 is 11.1 Å². The van der Waals surface area contributed by atoms with Crippen LogP contribution in [-0.4, -0.2) is 36.5 Å². The van der Waals surface area contributed by atoms with Crippen LogP contribution >= 0.6 is 15.9 Å². The molecule has 1 amide bonds. The molecule has 1 aromatic carbocycles. The lowest BCUT2D eigenvalue weighted by molar-refractivity contribution is -0.117. The molecule has 5 heteroatoms. The number of amides is 1. The second kappa shape index (κ2) is 5.62. The van der Waals surface area contributed by atoms with Gasteiger partial charge in [0.15, 0.2) is 0 Å². The van der Waals surface area contributed by atoms with Crippen molar-refractivity contribution in [3.05, 3.63) is 28.7 Å². The molecule has 1 heterocycles. The lowest BCUT2D eigenvalue weighted by Crippen LogP contribution is -2.33. The van der Waals surface area contributed by atoms with E-state index in [1.807, 2.05) is 24.3 Å². The van der Waals surface area contributed by atoms with Gasteiger partial charge in [0, 0.05) is 23.6 Å². The summed E-state index contributed by atoms with van der Waals surface area (Å²) in [5.41, 5.74) is 6.60. The second-order valence-corrected chi connectivity index (χ2v) is 5.17. The minimum absolute atomic E-state index is 0.00556. The number of carbonyl (C=O) groups excluding carboxylic acids is 1. The van der Waals surface area contributed by atoms with E-state index in [1.165, 1.54) is 0 Å². The van der Waals surface area contributed by atoms with E-state index in [2.05, 4.69) is 26.1 Å². The minimum atomic E-state index is 0.00556. The van der Waals surface area contributed by atoms with E-state index in [1.54, 1.807) is 0 Å². The number of anilines is 1. The summed E-state index contributed by atoms with van der Waals surface area (Å²) < 4.78 is 0.895. The number of benzene rings is 1. The van der Waals surface area contributed by atoms with Crippen molar-refractivity contribution in [3.63, 3.8) is 0 Å². The number of likely N-dealkylation sites (tertiary alicyclic amines) is 1. The highest BCUT2D eigenvalue weighted by Crippen LogP contribution is 2.21. The van der Waals surface area contributed by atoms with Crippen LogP contribution < -0.4 is 11.1 Å². The molecule has 3 N–H and O–H groups in total. The molecular weight excluding hydrogens is 282 g/mol. The van der Waals surface area contributed by atoms with Gasteiger partial charge in [0.25, 0.3) is 0 Å². The summed E-state index contributed by atoms with van der Waals surface area (Å²) in [6.45, 7) is 2.13. The molecule has 1 fully saturated rings. The number of rotatable bonds is 3. The van der Waals surface area contributed by atoms with Crippen LogP contribution in [0.4, 0.5) is 5.69 Å². The van der Waals surface area contributed by atoms with Gasteiger partial charge in [0.05, 0.1) is 12.2 Å². The van der Waals surface area contributed by atoms with Crippen molar-refractivity contribution in [1.82, 2.24) is 4.90 Å². The Morgan fingerprint density at radius 2 is 2.29 bits per heavy atom. The molecule has 0 unspecified atom stereocenters. The van der Waals surface area contributed by atoms with Gasteiger partial charge in [-0.3, -0.25) is 9.69 Å². The molecule has 0 aliphatic carbocycles. The average molecular weight is 298 g/mol. The van der Waals surface area contributed by atoms with Gasteiger partial charge in [-0.25, -0.2) is 0 Å². The number of halogens is 1. The first-order chi connectivity index (χ1) is 8.15. The summed E-state index contributed by atoms with van der Waals surface area (Å²) in [6.07, 6.45) is 0.975. The Morgan fingerprint density at radius 3 is 2.94 bits per heavy atom. The summed E-state index contributed by atoms with van der Waals surface area (Å²) >= 11 is 3.40. The van der Waals surface area contributed by atoms with E-state index in [0.29, 0.717) is 6.54 Å². The lowest BCUT2D eigenvalue weighted by Gasteiger charge is -2.15. The van der Waals surface area contributed by atoms with Gasteiger partial charge in [0.2, 0.25) is 5.91 Å². The van der Waals surface area contributed by atoms with Crippen molar-refractivity contribution in [2.45, 2.75) is 12.5 Å². The Labute approximate surface area is 109 Å². The zero-order chi connectivity index (χ0) is 12.3. The highest BCUT2D eigenvalue weighted by atomic mass is 79.9. The molecule has 1 aromatic rings. The number of para-hydroxylation sites is 1. The number of hydrogen-bond acceptors (Lipinski definition) is 3. The molecule has 92 valence electrons. The van der Waals surface area contributed by atoms with Crippen LogP contribution in [0.15, 0.2) is 28.7 Å². The van der Waals surface area contributed by atoms with Crippen LogP contribution in [0.3, 0.4) is 0 Å². The van der Waals surface area contributed by atoms with Crippen molar-refractivity contribution in [2.24, 2.45) is 5.73 Å². The molecule has 1 aliphatic rings. The molecule has 17 heavy (non-hydrogen) atoms. The summed E-state index contributed by atoms with van der Waals surface area (Å²) in [7, 11) is 0. The van der Waals surface area contributed by atoms with Gasteiger partial charge in [0.1, 0.15) is 0 Å². The van der Waals surface area contributed by atoms with Crippen LogP contribution in [0, 0.1) is 0 Å². The Hall–Kier alpha value is -0.910. The van der Waals surface area contributed by atoms with Gasteiger partial charge in [-0.1, -0.05) is 12.1 Å². The SMILES string of the molecule is N[C@H]1CCN(CC(=O)Nc2ccccc2Br)C1. The average Bonchev–Trinajstić information content (AvgIpc) is 2.67. The van der Waals surface area contributed by atoms with Crippen LogP contribution in [0.2, 0.25) is 0 Å². The van der Waals surface area contributed by atoms with Crippen LogP contribution in [-0.2, 0) is 4.79 Å². The highest BCUT2D eigenvalue weighted by Gasteiger charge is 2.21. The number of nitrogens with one attached hydrogen (secondary N) is 1. The molecule has 0 saturated carbocycles. The molecule has 0 aromatic heterocycles. The molecular formula is C12H16BrN3O. The van der Waals surface area contributed by atoms with Crippen molar-refractivity contribution >= 4 is 27.5 Å². The predicted octanol–water partition coefficient (Wildman–Crippen LogP) is 1.42. The fourth-order valence-electron chi connectivity index (χ4n) is 1.96. The van der Waals surface area contributed by atoms with Gasteiger partial charge in [-0.15, -0.1) is 0 Å². The lowest BCUT2D eigenvalue weighted by atomic mass is 10.3. The van der Waals surface area contributed by atoms with E-state index >= 15 is 0 Å². The quantitative estimate of drug-likeness (QED) is 0.887. The van der Waals surface area contributed by atoms with Crippen molar-refractivity contribution in [3.8, 4) is 0 Å². The topological polar surface area (TPSA) is 58.4 Å². The van der Waals surface area contributed by atoms with Crippen LogP contribution in [0.1, 0.15) is 6.42 Å². The predicted molar refractivity (Wildman–Crippen MR) is 71.8 cm³/mol. The van der Waals surface area contributed by atoms with E-state index in [4.69, 9.17) is 5.73 Å². The summed E-state index contributed by atoms with van der Waals surface area (Å²) in [6, 6.07) is 7.80. The maximum absolute atomic E-state index is 11.8. The van der Waals surface area contributed by atoms with Crippen molar-refractivity contribution in [2.75, 3.05) is 25.0 Å². The number of nitrogens with zero attached hydrogens (tertiary/aromatic N) is 1. The Balaban J connectivity index is 1.87. The molecule has 0 radical (unpaired) electrons. The third-order valence-corrected chi connectivity index (χ3v) is 3.52. The zero-order valence-corrected chi connectivity index (χ0v) is 11.1. The Bertz CT molecular complexity index is 410. The van der Waals surface area contributed by atoms with E-state index in [9.17, 15) is 4.79 Å². The molecule has 4 nitrogen and oxygen atoms in total. The number of carbonyl (C=O) groups is 1. The second-order valence-electron chi connectivity index (χ2n) is 4.31. The van der Waals surface area contributed by atoms with E-state index in [-0.39, 0.29) is 11.9 Å². The third kappa shape index (κ3) is 3.52. The minimum Gasteiger partial charge on any atom is -0.326 e. The maximum atomic E-state index is 11.8. The molecule has 1 saturated heterocycles. The standard InChI is InChI=1S/C12H16BrN3O/c13-10-3-1-2-4-11(10)15-12(17)8-16-6-5-9(14)7-16/h1-4,9H,5-8,14H2,(H,15,17)/t9-/m0/s1. The van der Waals surface area contributed by atoms with Crippen LogP contribution in [0.25, 0.3) is 0 Å². The van der Waals surface area contributed by atoms with Crippen molar-refractivity contribution < 1.29 is 4.79 Å². The van der Waals surface area contributed by atoms with Gasteiger partial charge in [-0.05, 0) is 34.5 Å². The first-order valence-electron chi connectivity index (χ1n) is 5.67. The first-order valence-corrected chi connectivity index (χ1v) is 6.47. The molecule has 0 spiro atoms. The third-order valence-electron chi connectivity index (χ3n) is 2.82. The van der Waals surface area contributed by atoms with E-state index in [0.717, 1.165) is 29.7 Å². The molecule has 2 rings (SSSR count). The maximum Gasteiger partial charge on any atom is 0.238 e.